The molecule has 3 rings (SSSR count). The minimum Gasteiger partial charge on any atom is -0.454 e. The predicted octanol–water partition coefficient (Wildman–Crippen LogP) is 2.58. The van der Waals surface area contributed by atoms with E-state index < -0.39 is 4.92 Å². The zero-order valence-electron chi connectivity index (χ0n) is 12.1. The largest absolute Gasteiger partial charge is 0.454 e. The maximum Gasteiger partial charge on any atom is 0.269 e. The molecule has 22 heavy (non-hydrogen) atoms. The van der Waals surface area contributed by atoms with Gasteiger partial charge in [0.1, 0.15) is 5.75 Å². The Morgan fingerprint density at radius 2 is 2.18 bits per heavy atom. The molecule has 1 aromatic heterocycles. The van der Waals surface area contributed by atoms with Crippen molar-refractivity contribution in [1.29, 1.82) is 0 Å². The van der Waals surface area contributed by atoms with Crippen LogP contribution >= 0.6 is 0 Å². The number of nitrogens with zero attached hydrogens (tertiary/aromatic N) is 3. The van der Waals surface area contributed by atoms with E-state index in [1.807, 2.05) is 10.9 Å². The second kappa shape index (κ2) is 6.57. The minimum absolute atomic E-state index is 0.0489. The third-order valence-corrected chi connectivity index (χ3v) is 3.74. The molecule has 0 aliphatic carbocycles. The molecular weight excluding hydrogens is 284 g/mol. The van der Waals surface area contributed by atoms with Crippen LogP contribution in [-0.4, -0.2) is 27.8 Å². The maximum absolute atomic E-state index is 10.6. The molecule has 0 radical (unpaired) electrons. The van der Waals surface area contributed by atoms with E-state index in [0.717, 1.165) is 19.6 Å². The fourth-order valence-corrected chi connectivity index (χ4v) is 2.61. The van der Waals surface area contributed by atoms with Gasteiger partial charge in [-0.05, 0) is 44.0 Å². The number of ether oxygens (including phenoxy) is 1. The number of benzene rings is 1. The molecule has 1 saturated heterocycles. The van der Waals surface area contributed by atoms with Gasteiger partial charge in [-0.15, -0.1) is 0 Å². The molecule has 1 atom stereocenters. The quantitative estimate of drug-likeness (QED) is 0.678. The van der Waals surface area contributed by atoms with Crippen LogP contribution in [0.1, 0.15) is 12.8 Å². The van der Waals surface area contributed by atoms with Gasteiger partial charge in [-0.3, -0.25) is 14.8 Å². The van der Waals surface area contributed by atoms with E-state index in [2.05, 4.69) is 10.4 Å². The smallest absolute Gasteiger partial charge is 0.269 e. The van der Waals surface area contributed by atoms with Crippen molar-refractivity contribution in [3.8, 4) is 11.5 Å². The van der Waals surface area contributed by atoms with Gasteiger partial charge >= 0.3 is 0 Å². The van der Waals surface area contributed by atoms with Gasteiger partial charge in [0, 0.05) is 18.7 Å². The summed E-state index contributed by atoms with van der Waals surface area (Å²) in [5.74, 6) is 1.79. The van der Waals surface area contributed by atoms with Gasteiger partial charge in [0.25, 0.3) is 5.69 Å². The lowest BCUT2D eigenvalue weighted by Crippen LogP contribution is -2.32. The number of piperidine rings is 1. The Morgan fingerprint density at radius 1 is 1.36 bits per heavy atom. The normalized spacial score (nSPS) is 18.1. The van der Waals surface area contributed by atoms with Crippen LogP contribution in [0.5, 0.6) is 11.5 Å². The highest BCUT2D eigenvalue weighted by atomic mass is 16.6. The molecule has 1 unspecified atom stereocenters. The van der Waals surface area contributed by atoms with Crippen molar-refractivity contribution in [2.45, 2.75) is 19.4 Å². The van der Waals surface area contributed by atoms with Crippen LogP contribution in [0, 0.1) is 16.0 Å². The van der Waals surface area contributed by atoms with Crippen LogP contribution in [-0.2, 0) is 6.54 Å². The number of hydrogen-bond donors (Lipinski definition) is 1. The number of non-ortho nitro benzene ring substituents is 1. The molecule has 1 fully saturated rings. The Bertz CT molecular complexity index is 632. The summed E-state index contributed by atoms with van der Waals surface area (Å²) in [4.78, 5) is 10.2. The fourth-order valence-electron chi connectivity index (χ4n) is 2.61. The SMILES string of the molecule is O=[N+]([O-])c1ccc(Oc2cnn(CC3CCCNC3)c2)cc1. The Kier molecular flexibility index (Phi) is 4.34. The fraction of sp³-hybridized carbons (Fsp3) is 0.400. The molecule has 1 aliphatic heterocycles. The lowest BCUT2D eigenvalue weighted by Gasteiger charge is -2.22. The van der Waals surface area contributed by atoms with Crippen LogP contribution in [0.15, 0.2) is 36.7 Å². The molecule has 116 valence electrons. The number of hydrogen-bond acceptors (Lipinski definition) is 5. The zero-order chi connectivity index (χ0) is 15.4. The standard InChI is InChI=1S/C15H18N4O3/c20-19(21)13-3-5-14(6-4-13)22-15-9-17-18(11-15)10-12-2-1-7-16-8-12/h3-6,9,11-12,16H,1-2,7-8,10H2. The summed E-state index contributed by atoms with van der Waals surface area (Å²) in [7, 11) is 0. The summed E-state index contributed by atoms with van der Waals surface area (Å²) < 4.78 is 7.55. The Hall–Kier alpha value is -2.41. The molecular formula is C15H18N4O3. The van der Waals surface area contributed by atoms with Crippen molar-refractivity contribution in [2.75, 3.05) is 13.1 Å². The molecule has 0 saturated carbocycles. The molecule has 1 aliphatic rings. The lowest BCUT2D eigenvalue weighted by atomic mass is 10.00. The first-order valence-corrected chi connectivity index (χ1v) is 7.36. The van der Waals surface area contributed by atoms with Gasteiger partial charge in [-0.1, -0.05) is 0 Å². The maximum atomic E-state index is 10.6. The molecule has 2 aromatic rings. The van der Waals surface area contributed by atoms with E-state index in [1.165, 1.54) is 25.0 Å². The molecule has 2 heterocycles. The summed E-state index contributed by atoms with van der Waals surface area (Å²) in [6, 6.07) is 6.02. The van der Waals surface area contributed by atoms with Gasteiger partial charge < -0.3 is 10.1 Å². The number of aromatic nitrogens is 2. The van der Waals surface area contributed by atoms with Crippen LogP contribution in [0.25, 0.3) is 0 Å². The number of rotatable bonds is 5. The Balaban J connectivity index is 1.60. The molecule has 1 aromatic carbocycles. The predicted molar refractivity (Wildman–Crippen MR) is 81.0 cm³/mol. The van der Waals surface area contributed by atoms with E-state index in [0.29, 0.717) is 17.4 Å². The van der Waals surface area contributed by atoms with Gasteiger partial charge in [0.2, 0.25) is 0 Å². The number of nitro benzene ring substituents is 1. The van der Waals surface area contributed by atoms with Crippen LogP contribution in [0.3, 0.4) is 0 Å². The molecule has 7 heteroatoms. The summed E-state index contributed by atoms with van der Waals surface area (Å²) in [5, 5.41) is 18.3. The van der Waals surface area contributed by atoms with Crippen molar-refractivity contribution in [3.05, 3.63) is 46.8 Å². The van der Waals surface area contributed by atoms with E-state index in [9.17, 15) is 10.1 Å². The highest BCUT2D eigenvalue weighted by Crippen LogP contribution is 2.23. The second-order valence-electron chi connectivity index (χ2n) is 5.46. The molecule has 1 N–H and O–H groups in total. The lowest BCUT2D eigenvalue weighted by molar-refractivity contribution is -0.384. The number of nitro groups is 1. The van der Waals surface area contributed by atoms with E-state index in [4.69, 9.17) is 4.74 Å². The van der Waals surface area contributed by atoms with Gasteiger partial charge in [0.05, 0.1) is 17.3 Å². The highest BCUT2D eigenvalue weighted by molar-refractivity contribution is 5.37. The molecule has 0 amide bonds. The number of nitrogens with one attached hydrogen (secondary N) is 1. The molecule has 0 bridgehead atoms. The third kappa shape index (κ3) is 3.62. The topological polar surface area (TPSA) is 82.2 Å². The Labute approximate surface area is 128 Å². The summed E-state index contributed by atoms with van der Waals surface area (Å²) in [5.41, 5.74) is 0.0489. The van der Waals surface area contributed by atoms with E-state index in [1.54, 1.807) is 18.3 Å². The second-order valence-corrected chi connectivity index (χ2v) is 5.46. The first kappa shape index (κ1) is 14.5. The monoisotopic (exact) mass is 302 g/mol. The third-order valence-electron chi connectivity index (χ3n) is 3.74. The van der Waals surface area contributed by atoms with Gasteiger partial charge in [-0.2, -0.15) is 5.10 Å². The van der Waals surface area contributed by atoms with Crippen LogP contribution in [0.2, 0.25) is 0 Å². The Morgan fingerprint density at radius 3 is 2.86 bits per heavy atom. The van der Waals surface area contributed by atoms with Crippen LogP contribution < -0.4 is 10.1 Å². The summed E-state index contributed by atoms with van der Waals surface area (Å²) >= 11 is 0. The van der Waals surface area contributed by atoms with Crippen molar-refractivity contribution in [3.63, 3.8) is 0 Å². The average Bonchev–Trinajstić information content (AvgIpc) is 2.96. The minimum atomic E-state index is -0.431. The van der Waals surface area contributed by atoms with Crippen LogP contribution in [0.4, 0.5) is 5.69 Å². The van der Waals surface area contributed by atoms with Crippen molar-refractivity contribution >= 4 is 5.69 Å². The van der Waals surface area contributed by atoms with Crippen molar-refractivity contribution in [2.24, 2.45) is 5.92 Å². The first-order chi connectivity index (χ1) is 10.7. The van der Waals surface area contributed by atoms with Crippen molar-refractivity contribution in [1.82, 2.24) is 15.1 Å². The van der Waals surface area contributed by atoms with Gasteiger partial charge in [0.15, 0.2) is 5.75 Å². The van der Waals surface area contributed by atoms with E-state index >= 15 is 0 Å². The summed E-state index contributed by atoms with van der Waals surface area (Å²) in [6.07, 6.45) is 5.94. The summed E-state index contributed by atoms with van der Waals surface area (Å²) in [6.45, 7) is 3.00. The molecule has 7 nitrogen and oxygen atoms in total. The van der Waals surface area contributed by atoms with Gasteiger partial charge in [-0.25, -0.2) is 0 Å². The molecule has 0 spiro atoms. The zero-order valence-corrected chi connectivity index (χ0v) is 12.1. The average molecular weight is 302 g/mol. The van der Waals surface area contributed by atoms with Crippen molar-refractivity contribution < 1.29 is 9.66 Å². The first-order valence-electron chi connectivity index (χ1n) is 7.36. The highest BCUT2D eigenvalue weighted by Gasteiger charge is 2.14. The van der Waals surface area contributed by atoms with E-state index in [-0.39, 0.29) is 5.69 Å².